The van der Waals surface area contributed by atoms with Gasteiger partial charge in [0, 0.05) is 28.4 Å². The highest BCUT2D eigenvalue weighted by atomic mass is 35.5. The number of halogens is 1. The highest BCUT2D eigenvalue weighted by Crippen LogP contribution is 2.20. The lowest BCUT2D eigenvalue weighted by atomic mass is 10.0. The van der Waals surface area contributed by atoms with Crippen molar-refractivity contribution in [2.45, 2.75) is 25.3 Å². The fourth-order valence-corrected chi connectivity index (χ4v) is 3.53. The largest absolute Gasteiger partial charge is 0.321 e. The predicted molar refractivity (Wildman–Crippen MR) is 100 cm³/mol. The number of quaternary nitrogens is 1. The second-order valence-corrected chi connectivity index (χ2v) is 6.93. The fourth-order valence-electron chi connectivity index (χ4n) is 3.40. The average molecular weight is 375 g/mol. The Balaban J connectivity index is 1.85. The molecule has 2 aromatic carbocycles. The number of nitrogens with one attached hydrogen (secondary N) is 2. The van der Waals surface area contributed by atoms with Crippen molar-refractivity contribution in [2.24, 2.45) is 0 Å². The summed E-state index contributed by atoms with van der Waals surface area (Å²) in [5, 5.41) is 14.5. The molecule has 0 aliphatic carbocycles. The van der Waals surface area contributed by atoms with Crippen LogP contribution in [0, 0.1) is 10.1 Å². The van der Waals surface area contributed by atoms with Crippen LogP contribution >= 0.6 is 11.6 Å². The molecule has 0 bridgehead atoms. The van der Waals surface area contributed by atoms with Gasteiger partial charge < -0.3 is 10.2 Å². The number of likely N-dealkylation sites (tertiary alicyclic amines) is 1. The summed E-state index contributed by atoms with van der Waals surface area (Å²) in [6.07, 6.45) is 3.33. The number of anilines is 1. The van der Waals surface area contributed by atoms with Crippen LogP contribution in [0.3, 0.4) is 0 Å². The van der Waals surface area contributed by atoms with Gasteiger partial charge in [0.1, 0.15) is 0 Å². The van der Waals surface area contributed by atoms with Crippen LogP contribution in [0.2, 0.25) is 5.02 Å². The molecule has 1 saturated heterocycles. The number of rotatable bonds is 5. The number of carbonyl (C=O) groups is 1. The molecule has 1 amide bonds. The average Bonchev–Trinajstić information content (AvgIpc) is 2.65. The Kier molecular flexibility index (Phi) is 5.85. The lowest BCUT2D eigenvalue weighted by Gasteiger charge is -2.30. The number of amides is 1. The zero-order valence-corrected chi connectivity index (χ0v) is 15.0. The zero-order valence-electron chi connectivity index (χ0n) is 14.3. The van der Waals surface area contributed by atoms with E-state index in [1.807, 2.05) is 0 Å². The van der Waals surface area contributed by atoms with Crippen molar-refractivity contribution in [2.75, 3.05) is 18.4 Å². The number of benzene rings is 2. The Morgan fingerprint density at radius 2 is 1.65 bits per heavy atom. The van der Waals surface area contributed by atoms with E-state index < -0.39 is 11.0 Å². The molecule has 7 heteroatoms. The van der Waals surface area contributed by atoms with Gasteiger partial charge >= 0.3 is 0 Å². The van der Waals surface area contributed by atoms with E-state index in [2.05, 4.69) is 5.32 Å². The number of hydrogen-bond acceptors (Lipinski definition) is 3. The van der Waals surface area contributed by atoms with Gasteiger partial charge in [0.25, 0.3) is 11.6 Å². The molecule has 1 aliphatic rings. The number of hydrogen-bond donors (Lipinski definition) is 2. The lowest BCUT2D eigenvalue weighted by Crippen LogP contribution is -3.14. The summed E-state index contributed by atoms with van der Waals surface area (Å²) in [5.74, 6) is -0.113. The first kappa shape index (κ1) is 18.4. The number of carbonyl (C=O) groups excluding carboxylic acids is 1. The van der Waals surface area contributed by atoms with Gasteiger partial charge in [-0.15, -0.1) is 0 Å². The van der Waals surface area contributed by atoms with Gasteiger partial charge in [-0.3, -0.25) is 14.9 Å². The highest BCUT2D eigenvalue weighted by molar-refractivity contribution is 6.30. The third-order valence-corrected chi connectivity index (χ3v) is 4.97. The minimum atomic E-state index is -0.430. The molecule has 2 N–H and O–H groups in total. The van der Waals surface area contributed by atoms with Crippen molar-refractivity contribution in [1.29, 1.82) is 0 Å². The monoisotopic (exact) mass is 374 g/mol. The molecule has 0 unspecified atom stereocenters. The zero-order chi connectivity index (χ0) is 18.5. The molecule has 0 spiro atoms. The number of nitro benzene ring substituents is 1. The number of piperidine rings is 1. The van der Waals surface area contributed by atoms with Crippen molar-refractivity contribution < 1.29 is 14.6 Å². The van der Waals surface area contributed by atoms with Crippen molar-refractivity contribution in [3.63, 3.8) is 0 Å². The maximum Gasteiger partial charge on any atom is 0.287 e. The van der Waals surface area contributed by atoms with Crippen LogP contribution in [0.5, 0.6) is 0 Å². The van der Waals surface area contributed by atoms with E-state index >= 15 is 0 Å². The number of non-ortho nitro benzene ring substituents is 1. The minimum Gasteiger partial charge on any atom is -0.321 e. The molecule has 2 aromatic rings. The molecule has 136 valence electrons. The normalized spacial score (nSPS) is 16.0. The maximum absolute atomic E-state index is 13.0. The van der Waals surface area contributed by atoms with Gasteiger partial charge in [-0.05, 0) is 55.7 Å². The van der Waals surface area contributed by atoms with Crippen LogP contribution in [-0.4, -0.2) is 23.9 Å². The van der Waals surface area contributed by atoms with E-state index in [-0.39, 0.29) is 11.6 Å². The molecular weight excluding hydrogens is 354 g/mol. The molecule has 1 aliphatic heterocycles. The second-order valence-electron chi connectivity index (χ2n) is 6.50. The van der Waals surface area contributed by atoms with Gasteiger partial charge in [0.2, 0.25) is 0 Å². The summed E-state index contributed by atoms with van der Waals surface area (Å²) in [7, 11) is 0. The van der Waals surface area contributed by atoms with Crippen molar-refractivity contribution in [3.8, 4) is 0 Å². The Bertz CT molecular complexity index is 772. The molecule has 0 radical (unpaired) electrons. The summed E-state index contributed by atoms with van der Waals surface area (Å²) in [4.78, 5) is 24.7. The predicted octanol–water partition coefficient (Wildman–Crippen LogP) is 3.00. The molecule has 0 aromatic heterocycles. The van der Waals surface area contributed by atoms with E-state index in [9.17, 15) is 14.9 Å². The van der Waals surface area contributed by atoms with E-state index in [0.717, 1.165) is 31.5 Å². The standard InChI is InChI=1S/C19H20ClN3O3/c20-15-6-8-16(9-7-15)21-19(24)18(22-12-2-1-3-13-22)14-4-10-17(11-5-14)23(25)26/h4-11,18H,1-3,12-13H2,(H,21,24)/p+1/t18-/m1/s1. The van der Waals surface area contributed by atoms with E-state index in [1.165, 1.54) is 23.5 Å². The lowest BCUT2D eigenvalue weighted by molar-refractivity contribution is -0.926. The first-order chi connectivity index (χ1) is 12.5. The van der Waals surface area contributed by atoms with Crippen LogP contribution in [0.25, 0.3) is 0 Å². The number of nitro groups is 1. The van der Waals surface area contributed by atoms with Crippen molar-refractivity contribution in [3.05, 3.63) is 69.2 Å². The topological polar surface area (TPSA) is 76.7 Å². The van der Waals surface area contributed by atoms with Crippen LogP contribution in [0.1, 0.15) is 30.9 Å². The Morgan fingerprint density at radius 3 is 2.23 bits per heavy atom. The number of nitrogens with zero attached hydrogens (tertiary/aromatic N) is 1. The summed E-state index contributed by atoms with van der Waals surface area (Å²) >= 11 is 5.90. The van der Waals surface area contributed by atoms with E-state index in [4.69, 9.17) is 11.6 Å². The third-order valence-electron chi connectivity index (χ3n) is 4.72. The van der Waals surface area contributed by atoms with Gasteiger partial charge in [0.05, 0.1) is 18.0 Å². The molecule has 6 nitrogen and oxygen atoms in total. The molecule has 1 fully saturated rings. The van der Waals surface area contributed by atoms with Crippen molar-refractivity contribution >= 4 is 28.9 Å². The second kappa shape index (κ2) is 8.29. The minimum absolute atomic E-state index is 0.0271. The molecule has 3 rings (SSSR count). The Morgan fingerprint density at radius 1 is 1.04 bits per heavy atom. The SMILES string of the molecule is O=C(Nc1ccc(Cl)cc1)[C@@H](c1ccc([N+](=O)[O-])cc1)[NH+]1CCCCC1. The van der Waals surface area contributed by atoms with Crippen LogP contribution in [0.15, 0.2) is 48.5 Å². The van der Waals surface area contributed by atoms with E-state index in [0.29, 0.717) is 10.7 Å². The summed E-state index contributed by atoms with van der Waals surface area (Å²) < 4.78 is 0. The van der Waals surface area contributed by atoms with Gasteiger partial charge in [-0.1, -0.05) is 11.6 Å². The Labute approximate surface area is 156 Å². The fraction of sp³-hybridized carbons (Fsp3) is 0.316. The van der Waals surface area contributed by atoms with Gasteiger partial charge in [-0.2, -0.15) is 0 Å². The first-order valence-electron chi connectivity index (χ1n) is 8.70. The maximum atomic E-state index is 13.0. The molecule has 1 heterocycles. The highest BCUT2D eigenvalue weighted by Gasteiger charge is 2.33. The molecule has 0 saturated carbocycles. The molecule has 1 atom stereocenters. The van der Waals surface area contributed by atoms with Gasteiger partial charge in [-0.25, -0.2) is 0 Å². The Hall–Kier alpha value is -2.44. The smallest absolute Gasteiger partial charge is 0.287 e. The summed E-state index contributed by atoms with van der Waals surface area (Å²) in [5.41, 5.74) is 1.50. The van der Waals surface area contributed by atoms with Crippen LogP contribution in [0.4, 0.5) is 11.4 Å². The van der Waals surface area contributed by atoms with Crippen LogP contribution < -0.4 is 10.2 Å². The van der Waals surface area contributed by atoms with E-state index in [1.54, 1.807) is 36.4 Å². The summed E-state index contributed by atoms with van der Waals surface area (Å²) in [6.45, 7) is 1.82. The van der Waals surface area contributed by atoms with Crippen molar-refractivity contribution in [1.82, 2.24) is 0 Å². The van der Waals surface area contributed by atoms with Gasteiger partial charge in [0.15, 0.2) is 6.04 Å². The molecule has 26 heavy (non-hydrogen) atoms. The quantitative estimate of drug-likeness (QED) is 0.624. The third kappa shape index (κ3) is 4.39. The summed E-state index contributed by atoms with van der Waals surface area (Å²) in [6, 6.07) is 12.9. The first-order valence-corrected chi connectivity index (χ1v) is 9.08. The van der Waals surface area contributed by atoms with Crippen LogP contribution in [-0.2, 0) is 4.79 Å². The molecular formula is C19H21ClN3O3+.